The molecule has 1 amide bonds. The number of piperidine rings is 1. The number of nitrogens with one attached hydrogen (secondary N) is 1. The molecule has 0 aromatic heterocycles. The molecule has 0 atom stereocenters. The van der Waals surface area contributed by atoms with Crippen LogP contribution in [-0.2, 0) is 10.4 Å². The van der Waals surface area contributed by atoms with Crippen molar-refractivity contribution in [2.75, 3.05) is 33.3 Å². The van der Waals surface area contributed by atoms with E-state index in [-0.39, 0.29) is 5.91 Å². The standard InChI is InChI=1S/C17H24N2O3/c1-3-10-18-16(20)13-19-11-8-17(21,9-12-19)14-4-6-15(22-2)7-5-14/h3-7,21H,1,8-13H2,2H3,(H,18,20). The molecule has 0 unspecified atom stereocenters. The van der Waals surface area contributed by atoms with Crippen molar-refractivity contribution < 1.29 is 14.6 Å². The fourth-order valence-electron chi connectivity index (χ4n) is 2.72. The van der Waals surface area contributed by atoms with Crippen LogP contribution in [0.4, 0.5) is 0 Å². The average molecular weight is 304 g/mol. The van der Waals surface area contributed by atoms with Crippen molar-refractivity contribution in [2.45, 2.75) is 18.4 Å². The number of nitrogens with zero attached hydrogens (tertiary/aromatic N) is 1. The van der Waals surface area contributed by atoms with Crippen molar-refractivity contribution >= 4 is 5.91 Å². The second-order valence-electron chi connectivity index (χ2n) is 5.63. The van der Waals surface area contributed by atoms with Gasteiger partial charge in [0, 0.05) is 19.6 Å². The Morgan fingerprint density at radius 1 is 1.41 bits per heavy atom. The van der Waals surface area contributed by atoms with Gasteiger partial charge in [-0.2, -0.15) is 0 Å². The number of amides is 1. The van der Waals surface area contributed by atoms with Crippen molar-refractivity contribution in [3.05, 3.63) is 42.5 Å². The summed E-state index contributed by atoms with van der Waals surface area (Å²) in [6, 6.07) is 7.54. The lowest BCUT2D eigenvalue weighted by Gasteiger charge is -2.38. The number of methoxy groups -OCH3 is 1. The minimum Gasteiger partial charge on any atom is -0.497 e. The molecule has 0 bridgehead atoms. The Hall–Kier alpha value is -1.85. The van der Waals surface area contributed by atoms with Crippen LogP contribution in [0.1, 0.15) is 18.4 Å². The largest absolute Gasteiger partial charge is 0.497 e. The van der Waals surface area contributed by atoms with E-state index in [2.05, 4.69) is 16.8 Å². The first kappa shape index (κ1) is 16.5. The van der Waals surface area contributed by atoms with Crippen molar-refractivity contribution in [1.82, 2.24) is 10.2 Å². The molecule has 1 heterocycles. The van der Waals surface area contributed by atoms with Crippen LogP contribution in [0.2, 0.25) is 0 Å². The maximum Gasteiger partial charge on any atom is 0.234 e. The van der Waals surface area contributed by atoms with Gasteiger partial charge in [0.25, 0.3) is 0 Å². The van der Waals surface area contributed by atoms with Gasteiger partial charge in [-0.25, -0.2) is 0 Å². The Bertz CT molecular complexity index is 505. The maximum atomic E-state index is 11.7. The molecule has 0 saturated carbocycles. The highest BCUT2D eigenvalue weighted by molar-refractivity contribution is 5.78. The number of rotatable bonds is 6. The van der Waals surface area contributed by atoms with Gasteiger partial charge in [0.05, 0.1) is 19.3 Å². The molecule has 0 aliphatic carbocycles. The molecular formula is C17H24N2O3. The fourth-order valence-corrected chi connectivity index (χ4v) is 2.72. The van der Waals surface area contributed by atoms with E-state index >= 15 is 0 Å². The second kappa shape index (κ2) is 7.42. The van der Waals surface area contributed by atoms with Crippen LogP contribution in [0.5, 0.6) is 5.75 Å². The number of likely N-dealkylation sites (tertiary alicyclic amines) is 1. The Kier molecular flexibility index (Phi) is 5.57. The van der Waals surface area contributed by atoms with Crippen molar-refractivity contribution in [3.63, 3.8) is 0 Å². The normalized spacial score (nSPS) is 17.7. The topological polar surface area (TPSA) is 61.8 Å². The summed E-state index contributed by atoms with van der Waals surface area (Å²) in [5, 5.41) is 13.6. The highest BCUT2D eigenvalue weighted by Crippen LogP contribution is 2.33. The number of benzene rings is 1. The zero-order valence-electron chi connectivity index (χ0n) is 13.0. The summed E-state index contributed by atoms with van der Waals surface area (Å²) in [4.78, 5) is 13.8. The fraction of sp³-hybridized carbons (Fsp3) is 0.471. The molecule has 1 aromatic carbocycles. The summed E-state index contributed by atoms with van der Waals surface area (Å²) in [5.74, 6) is 0.776. The van der Waals surface area contributed by atoms with Crippen LogP contribution in [-0.4, -0.2) is 49.2 Å². The monoisotopic (exact) mass is 304 g/mol. The van der Waals surface area contributed by atoms with Crippen LogP contribution in [0.15, 0.2) is 36.9 Å². The zero-order chi connectivity index (χ0) is 16.0. The highest BCUT2D eigenvalue weighted by Gasteiger charge is 2.34. The first-order valence-corrected chi connectivity index (χ1v) is 7.54. The van der Waals surface area contributed by atoms with Crippen molar-refractivity contribution in [1.29, 1.82) is 0 Å². The molecule has 0 spiro atoms. The van der Waals surface area contributed by atoms with E-state index < -0.39 is 5.60 Å². The minimum atomic E-state index is -0.819. The Labute approximate surface area is 131 Å². The van der Waals surface area contributed by atoms with Crippen LogP contribution >= 0.6 is 0 Å². The lowest BCUT2D eigenvalue weighted by atomic mass is 9.84. The number of aliphatic hydroxyl groups is 1. The predicted molar refractivity (Wildman–Crippen MR) is 85.8 cm³/mol. The third-order valence-electron chi connectivity index (χ3n) is 4.12. The van der Waals surface area contributed by atoms with E-state index in [1.807, 2.05) is 24.3 Å². The van der Waals surface area contributed by atoms with Gasteiger partial charge < -0.3 is 15.2 Å². The molecule has 5 nitrogen and oxygen atoms in total. The van der Waals surface area contributed by atoms with Crippen LogP contribution in [0, 0.1) is 0 Å². The molecule has 1 aliphatic heterocycles. The molecule has 22 heavy (non-hydrogen) atoms. The first-order chi connectivity index (χ1) is 10.6. The van der Waals surface area contributed by atoms with Gasteiger partial charge in [0.15, 0.2) is 0 Å². The van der Waals surface area contributed by atoms with Crippen LogP contribution < -0.4 is 10.1 Å². The SMILES string of the molecule is C=CCNC(=O)CN1CCC(O)(c2ccc(OC)cc2)CC1. The first-order valence-electron chi connectivity index (χ1n) is 7.54. The quantitative estimate of drug-likeness (QED) is 0.777. The summed E-state index contributed by atoms with van der Waals surface area (Å²) in [7, 11) is 1.62. The average Bonchev–Trinajstić information content (AvgIpc) is 2.55. The summed E-state index contributed by atoms with van der Waals surface area (Å²) >= 11 is 0. The smallest absolute Gasteiger partial charge is 0.234 e. The molecule has 0 radical (unpaired) electrons. The molecule has 2 rings (SSSR count). The zero-order valence-corrected chi connectivity index (χ0v) is 13.0. The number of carbonyl (C=O) groups excluding carboxylic acids is 1. The van der Waals surface area contributed by atoms with E-state index in [9.17, 15) is 9.90 Å². The van der Waals surface area contributed by atoms with Gasteiger partial charge >= 0.3 is 0 Å². The molecule has 120 valence electrons. The van der Waals surface area contributed by atoms with Gasteiger partial charge in [-0.3, -0.25) is 9.69 Å². The Morgan fingerprint density at radius 2 is 2.05 bits per heavy atom. The summed E-state index contributed by atoms with van der Waals surface area (Å²) < 4.78 is 5.14. The third kappa shape index (κ3) is 4.08. The molecule has 1 aliphatic rings. The van der Waals surface area contributed by atoms with Gasteiger partial charge in [0.2, 0.25) is 5.91 Å². The molecule has 1 saturated heterocycles. The Balaban J connectivity index is 1.89. The molecular weight excluding hydrogens is 280 g/mol. The lowest BCUT2D eigenvalue weighted by Crippen LogP contribution is -2.46. The highest BCUT2D eigenvalue weighted by atomic mass is 16.5. The van der Waals surface area contributed by atoms with Gasteiger partial charge in [-0.15, -0.1) is 6.58 Å². The van der Waals surface area contributed by atoms with E-state index in [0.29, 0.717) is 39.0 Å². The van der Waals surface area contributed by atoms with Gasteiger partial charge in [-0.05, 0) is 30.5 Å². The van der Waals surface area contributed by atoms with E-state index in [0.717, 1.165) is 11.3 Å². The summed E-state index contributed by atoms with van der Waals surface area (Å²) in [6.45, 7) is 5.83. The van der Waals surface area contributed by atoms with Crippen molar-refractivity contribution in [3.8, 4) is 5.75 Å². The maximum absolute atomic E-state index is 11.7. The van der Waals surface area contributed by atoms with Crippen LogP contribution in [0.3, 0.4) is 0 Å². The number of hydrogen-bond acceptors (Lipinski definition) is 4. The number of ether oxygens (including phenoxy) is 1. The minimum absolute atomic E-state index is 0.00483. The predicted octanol–water partition coefficient (Wildman–Crippen LogP) is 1.28. The lowest BCUT2D eigenvalue weighted by molar-refractivity contribution is -0.123. The number of hydrogen-bond donors (Lipinski definition) is 2. The summed E-state index contributed by atoms with van der Waals surface area (Å²) in [5.41, 5.74) is 0.0875. The van der Waals surface area contributed by atoms with E-state index in [4.69, 9.17) is 4.74 Å². The second-order valence-corrected chi connectivity index (χ2v) is 5.63. The molecule has 5 heteroatoms. The van der Waals surface area contributed by atoms with E-state index in [1.54, 1.807) is 13.2 Å². The Morgan fingerprint density at radius 3 is 2.59 bits per heavy atom. The number of carbonyl (C=O) groups is 1. The molecule has 1 fully saturated rings. The van der Waals surface area contributed by atoms with Gasteiger partial charge in [0.1, 0.15) is 5.75 Å². The molecule has 1 aromatic rings. The van der Waals surface area contributed by atoms with Gasteiger partial charge in [-0.1, -0.05) is 18.2 Å². The summed E-state index contributed by atoms with van der Waals surface area (Å²) in [6.07, 6.45) is 2.90. The molecule has 2 N–H and O–H groups in total. The van der Waals surface area contributed by atoms with Crippen molar-refractivity contribution in [2.24, 2.45) is 0 Å². The van der Waals surface area contributed by atoms with E-state index in [1.165, 1.54) is 0 Å². The third-order valence-corrected chi connectivity index (χ3v) is 4.12. The van der Waals surface area contributed by atoms with Crippen LogP contribution in [0.25, 0.3) is 0 Å².